The minimum Gasteiger partial charge on any atom is -0.497 e. The van der Waals surface area contributed by atoms with E-state index in [9.17, 15) is 0 Å². The van der Waals surface area contributed by atoms with Gasteiger partial charge in [-0.05, 0) is 61.1 Å². The molecule has 24 heavy (non-hydrogen) atoms. The third-order valence-corrected chi connectivity index (χ3v) is 6.22. The Kier molecular flexibility index (Phi) is 4.19. The highest BCUT2D eigenvalue weighted by Crippen LogP contribution is 2.42. The molecule has 1 aromatic heterocycles. The number of benzene rings is 1. The van der Waals surface area contributed by atoms with Crippen LogP contribution in [-0.2, 0) is 0 Å². The van der Waals surface area contributed by atoms with Crippen molar-refractivity contribution in [3.63, 3.8) is 0 Å². The Morgan fingerprint density at radius 1 is 1.38 bits per heavy atom. The van der Waals surface area contributed by atoms with Crippen molar-refractivity contribution in [2.75, 3.05) is 20.2 Å². The van der Waals surface area contributed by atoms with E-state index in [1.165, 1.54) is 37.9 Å². The second-order valence-corrected chi connectivity index (χ2v) is 7.32. The van der Waals surface area contributed by atoms with E-state index in [0.717, 1.165) is 28.5 Å². The molecule has 0 radical (unpaired) electrons. The van der Waals surface area contributed by atoms with E-state index in [4.69, 9.17) is 10.5 Å². The number of pyridine rings is 1. The topological polar surface area (TPSA) is 51.4 Å². The standard InChI is InChI=1S/C20H27N3O/c1-3-13-12-23-9-7-14(13)10-19(23)20(21)16-6-8-22-18-5-4-15(24-2)11-17(16)18/h4-6,8,11,13-14,19-20H,3,7,9-10,12,21H2,1-2H3/t13-,14-,19+,20-/m0/s1. The predicted molar refractivity (Wildman–Crippen MR) is 97.1 cm³/mol. The van der Waals surface area contributed by atoms with Gasteiger partial charge in [0.05, 0.1) is 12.6 Å². The number of methoxy groups -OCH3 is 1. The van der Waals surface area contributed by atoms with Gasteiger partial charge >= 0.3 is 0 Å². The van der Waals surface area contributed by atoms with E-state index in [1.54, 1.807) is 7.11 Å². The van der Waals surface area contributed by atoms with Crippen LogP contribution in [-0.4, -0.2) is 36.1 Å². The first-order valence-corrected chi connectivity index (χ1v) is 9.13. The van der Waals surface area contributed by atoms with E-state index in [2.05, 4.69) is 28.9 Å². The van der Waals surface area contributed by atoms with Gasteiger partial charge < -0.3 is 10.5 Å². The van der Waals surface area contributed by atoms with E-state index in [1.807, 2.05) is 18.3 Å². The maximum Gasteiger partial charge on any atom is 0.119 e. The van der Waals surface area contributed by atoms with Crippen LogP contribution in [0.15, 0.2) is 30.5 Å². The molecule has 1 aromatic carbocycles. The first-order chi connectivity index (χ1) is 11.7. The molecular formula is C20H27N3O. The lowest BCUT2D eigenvalue weighted by molar-refractivity contribution is -0.0105. The van der Waals surface area contributed by atoms with Crippen molar-refractivity contribution < 1.29 is 4.74 Å². The Morgan fingerprint density at radius 3 is 2.96 bits per heavy atom. The number of rotatable bonds is 4. The van der Waals surface area contributed by atoms with Crippen molar-refractivity contribution >= 4 is 10.9 Å². The molecular weight excluding hydrogens is 298 g/mol. The molecule has 3 aliphatic rings. The average Bonchev–Trinajstić information content (AvgIpc) is 2.66. The van der Waals surface area contributed by atoms with Crippen molar-refractivity contribution in [1.29, 1.82) is 0 Å². The van der Waals surface area contributed by atoms with Gasteiger partial charge in [-0.15, -0.1) is 0 Å². The van der Waals surface area contributed by atoms with Gasteiger partial charge in [0, 0.05) is 30.2 Å². The number of piperidine rings is 3. The Bertz CT molecular complexity index is 732. The summed E-state index contributed by atoms with van der Waals surface area (Å²) in [6.45, 7) is 4.74. The van der Waals surface area contributed by atoms with Crippen molar-refractivity contribution in [2.45, 2.75) is 38.3 Å². The van der Waals surface area contributed by atoms with Gasteiger partial charge in [0.2, 0.25) is 0 Å². The van der Waals surface area contributed by atoms with Gasteiger partial charge in [0.1, 0.15) is 5.75 Å². The van der Waals surface area contributed by atoms with Crippen LogP contribution in [0.3, 0.4) is 0 Å². The third-order valence-electron chi connectivity index (χ3n) is 6.22. The van der Waals surface area contributed by atoms with E-state index >= 15 is 0 Å². The van der Waals surface area contributed by atoms with Crippen LogP contribution in [0.1, 0.15) is 37.8 Å². The zero-order valence-corrected chi connectivity index (χ0v) is 14.6. The van der Waals surface area contributed by atoms with Gasteiger partial charge in [0.25, 0.3) is 0 Å². The number of hydrogen-bond donors (Lipinski definition) is 1. The molecule has 3 fully saturated rings. The van der Waals surface area contributed by atoms with E-state index in [0.29, 0.717) is 6.04 Å². The summed E-state index contributed by atoms with van der Waals surface area (Å²) in [6, 6.07) is 8.62. The summed E-state index contributed by atoms with van der Waals surface area (Å²) in [4.78, 5) is 7.12. The molecule has 5 rings (SSSR count). The van der Waals surface area contributed by atoms with Crippen LogP contribution in [0.4, 0.5) is 0 Å². The van der Waals surface area contributed by atoms with Gasteiger partial charge in [-0.25, -0.2) is 0 Å². The maximum atomic E-state index is 6.79. The summed E-state index contributed by atoms with van der Waals surface area (Å²) < 4.78 is 5.40. The van der Waals surface area contributed by atoms with E-state index in [-0.39, 0.29) is 6.04 Å². The summed E-state index contributed by atoms with van der Waals surface area (Å²) >= 11 is 0. The fourth-order valence-corrected chi connectivity index (χ4v) is 4.79. The normalized spacial score (nSPS) is 30.5. The number of hydrogen-bond acceptors (Lipinski definition) is 4. The minimum absolute atomic E-state index is 0.0308. The van der Waals surface area contributed by atoms with Crippen molar-refractivity contribution in [1.82, 2.24) is 9.88 Å². The highest BCUT2D eigenvalue weighted by molar-refractivity contribution is 5.84. The number of nitrogens with zero attached hydrogens (tertiary/aromatic N) is 2. The molecule has 0 aliphatic carbocycles. The highest BCUT2D eigenvalue weighted by Gasteiger charge is 2.41. The summed E-state index contributed by atoms with van der Waals surface area (Å²) in [7, 11) is 1.70. The van der Waals surface area contributed by atoms with Crippen LogP contribution in [0.5, 0.6) is 5.75 Å². The minimum atomic E-state index is 0.0308. The quantitative estimate of drug-likeness (QED) is 0.936. The van der Waals surface area contributed by atoms with Crippen LogP contribution in [0, 0.1) is 11.8 Å². The molecule has 3 aliphatic heterocycles. The van der Waals surface area contributed by atoms with Crippen molar-refractivity contribution in [3.8, 4) is 5.75 Å². The average molecular weight is 325 g/mol. The predicted octanol–water partition coefficient (Wildman–Crippen LogP) is 3.36. The molecule has 0 saturated carbocycles. The Balaban J connectivity index is 1.68. The summed E-state index contributed by atoms with van der Waals surface area (Å²) in [5, 5.41) is 1.12. The first-order valence-electron chi connectivity index (χ1n) is 9.13. The zero-order chi connectivity index (χ0) is 16.7. The van der Waals surface area contributed by atoms with Gasteiger partial charge in [-0.3, -0.25) is 9.88 Å². The van der Waals surface area contributed by atoms with E-state index < -0.39 is 0 Å². The molecule has 0 amide bonds. The molecule has 0 spiro atoms. The van der Waals surface area contributed by atoms with Gasteiger partial charge in [-0.1, -0.05) is 13.3 Å². The molecule has 2 aromatic rings. The molecule has 4 nitrogen and oxygen atoms in total. The van der Waals surface area contributed by atoms with Crippen LogP contribution in [0.25, 0.3) is 10.9 Å². The Hall–Kier alpha value is -1.65. The SMILES string of the molecule is CC[C@H]1CN2CC[C@H]1C[C@@H]2[C@@H](N)c1ccnc2ccc(OC)cc12. The second kappa shape index (κ2) is 6.34. The number of fused-ring (bicyclic) bond motifs is 4. The highest BCUT2D eigenvalue weighted by atomic mass is 16.5. The second-order valence-electron chi connectivity index (χ2n) is 7.32. The maximum absolute atomic E-state index is 6.79. The third kappa shape index (κ3) is 2.58. The molecule has 4 heteroatoms. The van der Waals surface area contributed by atoms with Gasteiger partial charge in [0.15, 0.2) is 0 Å². The Labute approximate surface area is 144 Å². The van der Waals surface area contributed by atoms with Crippen LogP contribution < -0.4 is 10.5 Å². The van der Waals surface area contributed by atoms with Crippen LogP contribution in [0.2, 0.25) is 0 Å². The van der Waals surface area contributed by atoms with Crippen molar-refractivity contribution in [2.24, 2.45) is 17.6 Å². The lowest BCUT2D eigenvalue weighted by Crippen LogP contribution is -2.56. The smallest absolute Gasteiger partial charge is 0.119 e. The number of ether oxygens (including phenoxy) is 1. The van der Waals surface area contributed by atoms with Gasteiger partial charge in [-0.2, -0.15) is 0 Å². The fraction of sp³-hybridized carbons (Fsp3) is 0.550. The number of nitrogens with two attached hydrogens (primary N) is 1. The van der Waals surface area contributed by atoms with Crippen molar-refractivity contribution in [3.05, 3.63) is 36.0 Å². The molecule has 4 heterocycles. The molecule has 128 valence electrons. The Morgan fingerprint density at radius 2 is 2.25 bits per heavy atom. The lowest BCUT2D eigenvalue weighted by atomic mass is 9.72. The lowest BCUT2D eigenvalue weighted by Gasteiger charge is -2.51. The largest absolute Gasteiger partial charge is 0.497 e. The van der Waals surface area contributed by atoms with Crippen LogP contribution >= 0.6 is 0 Å². The molecule has 2 bridgehead atoms. The molecule has 3 saturated heterocycles. The first kappa shape index (κ1) is 15.9. The summed E-state index contributed by atoms with van der Waals surface area (Å²) in [6.07, 6.45) is 5.74. The fourth-order valence-electron chi connectivity index (χ4n) is 4.79. The molecule has 2 N–H and O–H groups in total. The number of aromatic nitrogens is 1. The monoisotopic (exact) mass is 325 g/mol. The molecule has 5 atom stereocenters. The molecule has 1 unspecified atom stereocenters. The summed E-state index contributed by atoms with van der Waals surface area (Å²) in [5.41, 5.74) is 8.98. The zero-order valence-electron chi connectivity index (χ0n) is 14.6. The summed E-state index contributed by atoms with van der Waals surface area (Å²) in [5.74, 6) is 2.57.